The summed E-state index contributed by atoms with van der Waals surface area (Å²) in [5.74, 6) is 0.637. The van der Waals surface area contributed by atoms with Crippen molar-refractivity contribution >= 4 is 11.5 Å². The molecule has 0 radical (unpaired) electrons. The third-order valence-electron chi connectivity index (χ3n) is 2.54. The fraction of sp³-hybridized carbons (Fsp3) is 0.273. The molecule has 0 aliphatic rings. The summed E-state index contributed by atoms with van der Waals surface area (Å²) >= 11 is 0. The molecule has 2 N–H and O–H groups in total. The molecule has 0 aliphatic carbocycles. The van der Waals surface area contributed by atoms with E-state index in [1.54, 1.807) is 19.2 Å². The Kier molecular flexibility index (Phi) is 3.52. The second-order valence-electron chi connectivity index (χ2n) is 3.87. The van der Waals surface area contributed by atoms with Crippen molar-refractivity contribution in [2.24, 2.45) is 0 Å². The highest BCUT2D eigenvalue weighted by Crippen LogP contribution is 2.18. The first-order chi connectivity index (χ1) is 8.66. The molecule has 0 saturated carbocycles. The van der Waals surface area contributed by atoms with Gasteiger partial charge in [0.25, 0.3) is 5.69 Å². The number of H-pyrrole nitrogens is 1. The maximum Gasteiger partial charge on any atom is 0.290 e. The summed E-state index contributed by atoms with van der Waals surface area (Å²) in [7, 11) is 0. The van der Waals surface area contributed by atoms with E-state index in [0.717, 1.165) is 12.1 Å². The number of aryl methyl sites for hydroxylation is 1. The monoisotopic (exact) mass is 247 g/mol. The Labute approximate surface area is 103 Å². The highest BCUT2D eigenvalue weighted by atomic mass is 16.6. The van der Waals surface area contributed by atoms with Gasteiger partial charge in [-0.15, -0.1) is 0 Å². The number of aromatic nitrogens is 3. The van der Waals surface area contributed by atoms with E-state index in [2.05, 4.69) is 20.5 Å². The van der Waals surface area contributed by atoms with Crippen LogP contribution >= 0.6 is 0 Å². The molecule has 0 atom stereocenters. The summed E-state index contributed by atoms with van der Waals surface area (Å²) in [5, 5.41) is 20.5. The number of aromatic amines is 1. The Balaban J connectivity index is 1.94. The first-order valence-electron chi connectivity index (χ1n) is 5.50. The van der Waals surface area contributed by atoms with Crippen LogP contribution in [0.4, 0.5) is 11.5 Å². The third kappa shape index (κ3) is 2.82. The SMILES string of the molecule is Cc1cc(NCCc2ccn[nH]2)ncc1[N+](=O)[O-]. The molecular weight excluding hydrogens is 234 g/mol. The topological polar surface area (TPSA) is 96.7 Å². The Morgan fingerprint density at radius 3 is 3.00 bits per heavy atom. The summed E-state index contributed by atoms with van der Waals surface area (Å²) < 4.78 is 0. The standard InChI is InChI=1S/C11H13N5O2/c1-8-6-11(13-7-10(8)16(17)18)12-4-2-9-3-5-14-15-9/h3,5-7H,2,4H2,1H3,(H,12,13)(H,14,15). The van der Waals surface area contributed by atoms with Crippen molar-refractivity contribution in [3.63, 3.8) is 0 Å². The highest BCUT2D eigenvalue weighted by Gasteiger charge is 2.10. The molecule has 7 nitrogen and oxygen atoms in total. The highest BCUT2D eigenvalue weighted by molar-refractivity contribution is 5.46. The lowest BCUT2D eigenvalue weighted by Crippen LogP contribution is -2.07. The third-order valence-corrected chi connectivity index (χ3v) is 2.54. The fourth-order valence-corrected chi connectivity index (χ4v) is 1.59. The van der Waals surface area contributed by atoms with Gasteiger partial charge in [0.1, 0.15) is 12.0 Å². The lowest BCUT2D eigenvalue weighted by atomic mass is 10.2. The van der Waals surface area contributed by atoms with Crippen molar-refractivity contribution in [2.45, 2.75) is 13.3 Å². The van der Waals surface area contributed by atoms with Crippen LogP contribution < -0.4 is 5.32 Å². The van der Waals surface area contributed by atoms with E-state index in [1.807, 2.05) is 6.07 Å². The number of nitrogens with one attached hydrogen (secondary N) is 2. The van der Waals surface area contributed by atoms with E-state index in [-0.39, 0.29) is 5.69 Å². The van der Waals surface area contributed by atoms with Crippen LogP contribution in [-0.4, -0.2) is 26.6 Å². The molecule has 0 amide bonds. The van der Waals surface area contributed by atoms with Crippen molar-refractivity contribution in [3.05, 3.63) is 45.9 Å². The Morgan fingerprint density at radius 2 is 2.39 bits per heavy atom. The maximum atomic E-state index is 10.6. The van der Waals surface area contributed by atoms with Gasteiger partial charge in [-0.05, 0) is 19.1 Å². The van der Waals surface area contributed by atoms with Gasteiger partial charge in [0, 0.05) is 30.4 Å². The van der Waals surface area contributed by atoms with Crippen LogP contribution in [0.15, 0.2) is 24.5 Å². The smallest absolute Gasteiger partial charge is 0.290 e. The zero-order chi connectivity index (χ0) is 13.0. The average Bonchev–Trinajstić information content (AvgIpc) is 2.81. The van der Waals surface area contributed by atoms with Gasteiger partial charge in [0.05, 0.1) is 4.92 Å². The number of nitrogens with zero attached hydrogens (tertiary/aromatic N) is 3. The van der Waals surface area contributed by atoms with Crippen LogP contribution in [0.3, 0.4) is 0 Å². The number of nitro groups is 1. The van der Waals surface area contributed by atoms with Crippen LogP contribution in [0.5, 0.6) is 0 Å². The molecule has 94 valence electrons. The Bertz CT molecular complexity index is 538. The second kappa shape index (κ2) is 5.26. The quantitative estimate of drug-likeness (QED) is 0.618. The van der Waals surface area contributed by atoms with Crippen LogP contribution in [0, 0.1) is 17.0 Å². The molecule has 18 heavy (non-hydrogen) atoms. The zero-order valence-electron chi connectivity index (χ0n) is 9.88. The van der Waals surface area contributed by atoms with Crippen LogP contribution in [0.25, 0.3) is 0 Å². The second-order valence-corrected chi connectivity index (χ2v) is 3.87. The lowest BCUT2D eigenvalue weighted by molar-refractivity contribution is -0.385. The summed E-state index contributed by atoms with van der Waals surface area (Å²) in [6.45, 7) is 2.38. The van der Waals surface area contributed by atoms with Gasteiger partial charge in [0.15, 0.2) is 0 Å². The number of anilines is 1. The van der Waals surface area contributed by atoms with E-state index < -0.39 is 4.92 Å². The largest absolute Gasteiger partial charge is 0.370 e. The van der Waals surface area contributed by atoms with Crippen LogP contribution in [0.1, 0.15) is 11.3 Å². The van der Waals surface area contributed by atoms with Gasteiger partial charge in [-0.2, -0.15) is 5.10 Å². The molecule has 0 saturated heterocycles. The first-order valence-corrected chi connectivity index (χ1v) is 5.50. The normalized spacial score (nSPS) is 10.3. The molecule has 0 bridgehead atoms. The summed E-state index contributed by atoms with van der Waals surface area (Å²) in [4.78, 5) is 14.2. The molecule has 2 aromatic heterocycles. The average molecular weight is 247 g/mol. The van der Waals surface area contributed by atoms with Crippen molar-refractivity contribution in [1.82, 2.24) is 15.2 Å². The summed E-state index contributed by atoms with van der Waals surface area (Å²) in [6.07, 6.45) is 3.76. The molecule has 0 fully saturated rings. The molecule has 2 aromatic rings. The lowest BCUT2D eigenvalue weighted by Gasteiger charge is -2.05. The minimum atomic E-state index is -0.434. The van der Waals surface area contributed by atoms with E-state index >= 15 is 0 Å². The van der Waals surface area contributed by atoms with Crippen LogP contribution in [-0.2, 0) is 6.42 Å². The summed E-state index contributed by atoms with van der Waals surface area (Å²) in [5.41, 5.74) is 1.66. The van der Waals surface area contributed by atoms with E-state index in [0.29, 0.717) is 17.9 Å². The Hall–Kier alpha value is -2.44. The van der Waals surface area contributed by atoms with Crippen molar-refractivity contribution in [2.75, 3.05) is 11.9 Å². The van der Waals surface area contributed by atoms with E-state index in [4.69, 9.17) is 0 Å². The van der Waals surface area contributed by atoms with Crippen molar-refractivity contribution in [1.29, 1.82) is 0 Å². The number of hydrogen-bond acceptors (Lipinski definition) is 5. The maximum absolute atomic E-state index is 10.6. The van der Waals surface area contributed by atoms with Gasteiger partial charge >= 0.3 is 0 Å². The fourth-order valence-electron chi connectivity index (χ4n) is 1.59. The molecule has 0 aliphatic heterocycles. The van der Waals surface area contributed by atoms with Gasteiger partial charge in [-0.3, -0.25) is 15.2 Å². The van der Waals surface area contributed by atoms with E-state index in [1.165, 1.54) is 6.20 Å². The van der Waals surface area contributed by atoms with Crippen molar-refractivity contribution in [3.8, 4) is 0 Å². The van der Waals surface area contributed by atoms with Crippen molar-refractivity contribution < 1.29 is 4.92 Å². The Morgan fingerprint density at radius 1 is 1.56 bits per heavy atom. The summed E-state index contributed by atoms with van der Waals surface area (Å²) in [6, 6.07) is 3.57. The minimum Gasteiger partial charge on any atom is -0.370 e. The molecule has 0 unspecified atom stereocenters. The molecule has 2 heterocycles. The number of rotatable bonds is 5. The van der Waals surface area contributed by atoms with Crippen LogP contribution in [0.2, 0.25) is 0 Å². The first kappa shape index (κ1) is 12.0. The molecule has 7 heteroatoms. The van der Waals surface area contributed by atoms with Gasteiger partial charge < -0.3 is 5.32 Å². The predicted molar refractivity (Wildman–Crippen MR) is 66.4 cm³/mol. The van der Waals surface area contributed by atoms with Gasteiger partial charge in [-0.1, -0.05) is 0 Å². The molecule has 2 rings (SSSR count). The molecule has 0 aromatic carbocycles. The predicted octanol–water partition coefficient (Wildman–Crippen LogP) is 1.68. The van der Waals surface area contributed by atoms with E-state index in [9.17, 15) is 10.1 Å². The number of hydrogen-bond donors (Lipinski definition) is 2. The van der Waals surface area contributed by atoms with Gasteiger partial charge in [0.2, 0.25) is 0 Å². The minimum absolute atomic E-state index is 0.0362. The van der Waals surface area contributed by atoms with Gasteiger partial charge in [-0.25, -0.2) is 4.98 Å². The zero-order valence-corrected chi connectivity index (χ0v) is 9.88. The molecular formula is C11H13N5O2. The molecule has 0 spiro atoms. The number of pyridine rings is 1.